The Morgan fingerprint density at radius 3 is 2.27 bits per heavy atom. The van der Waals surface area contributed by atoms with E-state index in [1.165, 1.54) is 32.1 Å². The van der Waals surface area contributed by atoms with E-state index >= 15 is 0 Å². The van der Waals surface area contributed by atoms with E-state index in [2.05, 4.69) is 20.0 Å². The third-order valence-electron chi connectivity index (χ3n) is 7.43. The van der Waals surface area contributed by atoms with Crippen LogP contribution < -0.4 is 20.0 Å². The number of anilines is 4. The molecule has 3 aromatic rings. The van der Waals surface area contributed by atoms with Gasteiger partial charge in [-0.2, -0.15) is 4.98 Å². The molecule has 10 heteroatoms. The molecular formula is C27H35N7O2S. The van der Waals surface area contributed by atoms with Crippen LogP contribution in [0.2, 0.25) is 0 Å². The van der Waals surface area contributed by atoms with Gasteiger partial charge in [-0.3, -0.25) is 4.79 Å². The number of carbonyl (C=O) groups is 1. The van der Waals surface area contributed by atoms with Crippen LogP contribution in [0.3, 0.4) is 0 Å². The lowest BCUT2D eigenvalue weighted by Crippen LogP contribution is -2.36. The van der Waals surface area contributed by atoms with E-state index in [1.54, 1.807) is 17.4 Å². The van der Waals surface area contributed by atoms with Gasteiger partial charge >= 0.3 is 0 Å². The molecule has 0 atom stereocenters. The number of aromatic nitrogens is 3. The number of piperidine rings is 1. The molecule has 3 aliphatic rings. The second-order valence-corrected chi connectivity index (χ2v) is 11.1. The molecule has 3 saturated heterocycles. The van der Waals surface area contributed by atoms with Gasteiger partial charge in [0.2, 0.25) is 0 Å². The van der Waals surface area contributed by atoms with Crippen molar-refractivity contribution in [3.05, 3.63) is 30.0 Å². The highest BCUT2D eigenvalue weighted by Crippen LogP contribution is 2.35. The van der Waals surface area contributed by atoms with E-state index in [9.17, 15) is 4.79 Å². The van der Waals surface area contributed by atoms with Crippen LogP contribution in [0.5, 0.6) is 0 Å². The first-order valence-corrected chi connectivity index (χ1v) is 14.5. The number of rotatable bonds is 5. The van der Waals surface area contributed by atoms with Crippen LogP contribution in [0.4, 0.5) is 22.5 Å². The maximum atomic E-state index is 13.5. The number of thiazole rings is 1. The van der Waals surface area contributed by atoms with Crippen molar-refractivity contribution in [3.8, 4) is 0 Å². The summed E-state index contributed by atoms with van der Waals surface area (Å²) in [5, 5.41) is 4.13. The fourth-order valence-corrected chi connectivity index (χ4v) is 6.38. The SMILES string of the molecule is O=C(Nc1cc2sc(N3CCOCC3)nc2nc1N1CCCCC1)c1cccc(N2CCCCCC2)n1. The predicted molar refractivity (Wildman–Crippen MR) is 149 cm³/mol. The third kappa shape index (κ3) is 5.50. The van der Waals surface area contributed by atoms with Crippen molar-refractivity contribution in [2.75, 3.05) is 72.5 Å². The van der Waals surface area contributed by atoms with Crippen LogP contribution in [0.1, 0.15) is 55.4 Å². The lowest BCUT2D eigenvalue weighted by atomic mass is 10.1. The van der Waals surface area contributed by atoms with Gasteiger partial charge in [0.1, 0.15) is 11.5 Å². The average molecular weight is 522 g/mol. The van der Waals surface area contributed by atoms with Crippen molar-refractivity contribution in [3.63, 3.8) is 0 Å². The molecule has 0 radical (unpaired) electrons. The van der Waals surface area contributed by atoms with Gasteiger partial charge in [-0.25, -0.2) is 9.97 Å². The Morgan fingerprint density at radius 1 is 0.811 bits per heavy atom. The molecule has 1 N–H and O–H groups in total. The quantitative estimate of drug-likeness (QED) is 0.524. The molecule has 0 aliphatic carbocycles. The van der Waals surface area contributed by atoms with Crippen molar-refractivity contribution in [1.82, 2.24) is 15.0 Å². The number of carbonyl (C=O) groups excluding carboxylic acids is 1. The summed E-state index contributed by atoms with van der Waals surface area (Å²) >= 11 is 1.62. The van der Waals surface area contributed by atoms with Crippen LogP contribution >= 0.6 is 11.3 Å². The van der Waals surface area contributed by atoms with Gasteiger partial charge in [0, 0.05) is 39.3 Å². The molecule has 3 fully saturated rings. The van der Waals surface area contributed by atoms with Gasteiger partial charge in [-0.05, 0) is 50.3 Å². The summed E-state index contributed by atoms with van der Waals surface area (Å²) in [6, 6.07) is 7.79. The summed E-state index contributed by atoms with van der Waals surface area (Å²) in [5.41, 5.74) is 1.91. The minimum absolute atomic E-state index is 0.200. The highest BCUT2D eigenvalue weighted by Gasteiger charge is 2.23. The van der Waals surface area contributed by atoms with E-state index in [1.807, 2.05) is 18.2 Å². The maximum absolute atomic E-state index is 13.5. The number of hydrogen-bond acceptors (Lipinski definition) is 9. The number of nitrogens with one attached hydrogen (secondary N) is 1. The molecule has 0 aromatic carbocycles. The first-order valence-electron chi connectivity index (χ1n) is 13.7. The number of hydrogen-bond donors (Lipinski definition) is 1. The second kappa shape index (κ2) is 11.2. The largest absolute Gasteiger partial charge is 0.378 e. The van der Waals surface area contributed by atoms with E-state index in [-0.39, 0.29) is 5.91 Å². The maximum Gasteiger partial charge on any atom is 0.274 e. The van der Waals surface area contributed by atoms with Crippen molar-refractivity contribution in [2.24, 2.45) is 0 Å². The summed E-state index contributed by atoms with van der Waals surface area (Å²) in [5.74, 6) is 1.49. The minimum Gasteiger partial charge on any atom is -0.378 e. The van der Waals surface area contributed by atoms with Crippen LogP contribution in [-0.2, 0) is 4.74 Å². The standard InChI is InChI=1S/C27H35N7O2S/c35-26(20-9-8-10-23(28-20)32-11-4-1-2-5-12-32)29-21-19-22-24(30-25(21)33-13-6-3-7-14-33)31-27(37-22)34-15-17-36-18-16-34/h8-10,19H,1-7,11-18H2,(H,29,35). The molecular weight excluding hydrogens is 486 g/mol. The summed E-state index contributed by atoms with van der Waals surface area (Å²) in [7, 11) is 0. The first kappa shape index (κ1) is 24.4. The van der Waals surface area contributed by atoms with Crippen molar-refractivity contribution < 1.29 is 9.53 Å². The molecule has 0 bridgehead atoms. The molecule has 196 valence electrons. The molecule has 3 aromatic heterocycles. The monoisotopic (exact) mass is 521 g/mol. The second-order valence-electron chi connectivity index (χ2n) is 10.1. The van der Waals surface area contributed by atoms with Crippen LogP contribution in [0.25, 0.3) is 10.3 Å². The summed E-state index contributed by atoms with van der Waals surface area (Å²) in [6.07, 6.45) is 8.35. The fraction of sp³-hybridized carbons (Fsp3) is 0.556. The Labute approximate surface area is 221 Å². The van der Waals surface area contributed by atoms with Crippen molar-refractivity contribution in [2.45, 2.75) is 44.9 Å². The van der Waals surface area contributed by atoms with Crippen LogP contribution in [0, 0.1) is 0 Å². The Kier molecular flexibility index (Phi) is 7.36. The number of fused-ring (bicyclic) bond motifs is 1. The van der Waals surface area contributed by atoms with Gasteiger partial charge in [0.15, 0.2) is 16.6 Å². The Balaban J connectivity index is 1.29. The van der Waals surface area contributed by atoms with Gasteiger partial charge < -0.3 is 24.8 Å². The summed E-state index contributed by atoms with van der Waals surface area (Å²) in [6.45, 7) is 6.96. The Bertz CT molecular complexity index is 1230. The zero-order chi connectivity index (χ0) is 25.0. The minimum atomic E-state index is -0.200. The molecule has 1 amide bonds. The van der Waals surface area contributed by atoms with Crippen LogP contribution in [0.15, 0.2) is 24.3 Å². The molecule has 0 saturated carbocycles. The molecule has 37 heavy (non-hydrogen) atoms. The van der Waals surface area contributed by atoms with E-state index in [0.717, 1.165) is 84.9 Å². The lowest BCUT2D eigenvalue weighted by molar-refractivity contribution is 0.102. The number of nitrogens with zero attached hydrogens (tertiary/aromatic N) is 6. The zero-order valence-electron chi connectivity index (χ0n) is 21.3. The van der Waals surface area contributed by atoms with Gasteiger partial charge in [-0.1, -0.05) is 30.2 Å². The normalized spacial score (nSPS) is 19.2. The Hall–Kier alpha value is -2.98. The Morgan fingerprint density at radius 2 is 1.51 bits per heavy atom. The number of pyridine rings is 2. The molecule has 0 unspecified atom stereocenters. The third-order valence-corrected chi connectivity index (χ3v) is 8.49. The summed E-state index contributed by atoms with van der Waals surface area (Å²) < 4.78 is 6.48. The number of morpholine rings is 1. The number of amides is 1. The van der Waals surface area contributed by atoms with Gasteiger partial charge in [0.25, 0.3) is 5.91 Å². The highest BCUT2D eigenvalue weighted by atomic mass is 32.1. The van der Waals surface area contributed by atoms with Gasteiger partial charge in [0.05, 0.1) is 23.6 Å². The molecule has 3 aliphatic heterocycles. The molecule has 6 rings (SSSR count). The average Bonchev–Trinajstić information content (AvgIpc) is 3.17. The van der Waals surface area contributed by atoms with E-state index < -0.39 is 0 Å². The lowest BCUT2D eigenvalue weighted by Gasteiger charge is -2.29. The smallest absolute Gasteiger partial charge is 0.274 e. The fourth-order valence-electron chi connectivity index (χ4n) is 5.38. The van der Waals surface area contributed by atoms with Crippen LogP contribution in [-0.4, -0.2) is 73.3 Å². The first-order chi connectivity index (χ1) is 18.2. The van der Waals surface area contributed by atoms with Crippen molar-refractivity contribution in [1.29, 1.82) is 0 Å². The summed E-state index contributed by atoms with van der Waals surface area (Å²) in [4.78, 5) is 34.9. The number of ether oxygens (including phenoxy) is 1. The molecule has 0 spiro atoms. The molecule has 9 nitrogen and oxygen atoms in total. The predicted octanol–water partition coefficient (Wildman–Crippen LogP) is 4.55. The topological polar surface area (TPSA) is 86.7 Å². The van der Waals surface area contributed by atoms with E-state index in [4.69, 9.17) is 19.7 Å². The molecule has 6 heterocycles. The van der Waals surface area contributed by atoms with Gasteiger partial charge in [-0.15, -0.1) is 0 Å². The highest BCUT2D eigenvalue weighted by molar-refractivity contribution is 7.22. The zero-order valence-corrected chi connectivity index (χ0v) is 22.1. The van der Waals surface area contributed by atoms with E-state index in [0.29, 0.717) is 18.9 Å². The van der Waals surface area contributed by atoms with Crippen molar-refractivity contribution >= 4 is 50.0 Å².